The highest BCUT2D eigenvalue weighted by Crippen LogP contribution is 2.55. The first-order valence-corrected chi connectivity index (χ1v) is 21.9. The number of hydrogen-bond acceptors (Lipinski definition) is 4. The van der Waals surface area contributed by atoms with Crippen LogP contribution in [0.15, 0.2) is 193 Å². The summed E-state index contributed by atoms with van der Waals surface area (Å²) in [7, 11) is -0.918. The van der Waals surface area contributed by atoms with E-state index >= 15 is 0 Å². The maximum Gasteiger partial charge on any atom is 0.179 e. The maximum absolute atomic E-state index is 6.54. The van der Waals surface area contributed by atoms with Crippen LogP contribution in [0.4, 0.5) is 17.2 Å². The van der Waals surface area contributed by atoms with Crippen molar-refractivity contribution in [2.24, 2.45) is 7.05 Å². The topological polar surface area (TPSA) is 47.1 Å². The van der Waals surface area contributed by atoms with Gasteiger partial charge in [0.05, 0.1) is 27.8 Å². The van der Waals surface area contributed by atoms with Gasteiger partial charge in [0, 0.05) is 29.6 Å². The molecule has 0 unspecified atom stereocenters. The van der Waals surface area contributed by atoms with E-state index in [2.05, 4.69) is 200 Å². The molecular weight excluding hydrogens is 725 g/mol. The highest BCUT2D eigenvalue weighted by molar-refractivity contribution is 7.20. The minimum atomic E-state index is -3.04. The van der Waals surface area contributed by atoms with Crippen LogP contribution in [-0.2, 0) is 12.5 Å². The standard InChI is InChI=1S/C52H40N4OSi/c1-52(2)41-29-28-39(34-45(41)56(48-27-14-15-32-53-48)50-42(52)30-31-47-49(50)40-23-10-13-26-46(40)57-47)58(36-18-6-4-7-19-36,37-20-8-5-9-21-37)38-22-16-17-35(33-38)51-54-43-24-11-12-25-44(43)55(51)3/h4-34H,1-3H3. The van der Waals surface area contributed by atoms with Crippen molar-refractivity contribution < 1.29 is 4.42 Å². The molecule has 0 atom stereocenters. The van der Waals surface area contributed by atoms with Crippen molar-refractivity contribution in [3.63, 3.8) is 0 Å². The number of aromatic nitrogens is 3. The minimum Gasteiger partial charge on any atom is -0.456 e. The maximum atomic E-state index is 6.54. The van der Waals surface area contributed by atoms with Crippen molar-refractivity contribution in [1.82, 2.24) is 14.5 Å². The lowest BCUT2D eigenvalue weighted by Gasteiger charge is -2.43. The molecule has 0 aliphatic carbocycles. The van der Waals surface area contributed by atoms with Crippen molar-refractivity contribution in [2.45, 2.75) is 19.3 Å². The monoisotopic (exact) mass is 764 g/mol. The SMILES string of the molecule is Cn1c(-c2cccc([Si](c3ccccc3)(c3ccccc3)c3ccc4c(c3)N(c3ccccn3)c3c(ccc5oc6ccccc6c35)C4(C)C)c2)nc2ccccc21. The molecule has 0 radical (unpaired) electrons. The molecule has 0 fully saturated rings. The predicted molar refractivity (Wildman–Crippen MR) is 242 cm³/mol. The zero-order chi connectivity index (χ0) is 39.0. The average Bonchev–Trinajstić information content (AvgIpc) is 3.83. The third-order valence-electron chi connectivity index (χ3n) is 12.4. The Balaban J connectivity index is 1.23. The number of para-hydroxylation sites is 3. The van der Waals surface area contributed by atoms with Crippen LogP contribution >= 0.6 is 0 Å². The van der Waals surface area contributed by atoms with Crippen LogP contribution < -0.4 is 25.6 Å². The molecular formula is C52H40N4OSi. The molecule has 11 rings (SSSR count). The largest absolute Gasteiger partial charge is 0.456 e. The Hall–Kier alpha value is -7.02. The lowest BCUT2D eigenvalue weighted by Crippen LogP contribution is -2.74. The highest BCUT2D eigenvalue weighted by Gasteiger charge is 2.45. The Kier molecular flexibility index (Phi) is 7.68. The second-order valence-corrected chi connectivity index (χ2v) is 19.7. The molecule has 0 amide bonds. The third-order valence-corrected chi connectivity index (χ3v) is 17.1. The van der Waals surface area contributed by atoms with Gasteiger partial charge < -0.3 is 8.98 Å². The summed E-state index contributed by atoms with van der Waals surface area (Å²) in [6.07, 6.45) is 1.89. The van der Waals surface area contributed by atoms with Gasteiger partial charge in [-0.3, -0.25) is 4.90 Å². The van der Waals surface area contributed by atoms with E-state index in [1.165, 1.54) is 31.9 Å². The van der Waals surface area contributed by atoms with Crippen molar-refractivity contribution in [3.05, 3.63) is 199 Å². The van der Waals surface area contributed by atoms with E-state index in [9.17, 15) is 0 Å². The Labute approximate surface area is 338 Å². The fourth-order valence-electron chi connectivity index (χ4n) is 9.67. The molecule has 1 aliphatic rings. The predicted octanol–water partition coefficient (Wildman–Crippen LogP) is 10.0. The van der Waals surface area contributed by atoms with Crippen LogP contribution in [0.2, 0.25) is 0 Å². The summed E-state index contributed by atoms with van der Waals surface area (Å²) < 4.78 is 8.75. The molecule has 6 heteroatoms. The van der Waals surface area contributed by atoms with Crippen molar-refractivity contribution in [3.8, 4) is 11.4 Å². The number of rotatable bonds is 6. The molecule has 0 saturated carbocycles. The molecule has 0 bridgehead atoms. The smallest absolute Gasteiger partial charge is 0.179 e. The van der Waals surface area contributed by atoms with Crippen molar-refractivity contribution >= 4 is 79.0 Å². The van der Waals surface area contributed by atoms with Crippen LogP contribution in [0.25, 0.3) is 44.4 Å². The average molecular weight is 765 g/mol. The first kappa shape index (κ1) is 34.2. The normalized spacial score (nSPS) is 13.5. The lowest BCUT2D eigenvalue weighted by atomic mass is 9.73. The molecule has 0 N–H and O–H groups in total. The molecule has 3 aromatic heterocycles. The minimum absolute atomic E-state index is 0.328. The molecule has 7 aromatic carbocycles. The van der Waals surface area contributed by atoms with Crippen molar-refractivity contribution in [2.75, 3.05) is 4.90 Å². The second-order valence-electron chi connectivity index (χ2n) is 15.9. The van der Waals surface area contributed by atoms with Gasteiger partial charge in [0.15, 0.2) is 8.07 Å². The molecule has 10 aromatic rings. The van der Waals surface area contributed by atoms with Crippen molar-refractivity contribution in [1.29, 1.82) is 0 Å². The lowest BCUT2D eigenvalue weighted by molar-refractivity contribution is 0.631. The Morgan fingerprint density at radius 3 is 2.00 bits per heavy atom. The van der Waals surface area contributed by atoms with Gasteiger partial charge in [0.25, 0.3) is 0 Å². The number of hydrogen-bond donors (Lipinski definition) is 0. The number of nitrogens with zero attached hydrogens (tertiary/aromatic N) is 4. The van der Waals surface area contributed by atoms with E-state index in [-0.39, 0.29) is 5.41 Å². The van der Waals surface area contributed by atoms with Gasteiger partial charge in [0.1, 0.15) is 22.8 Å². The number of pyridine rings is 1. The number of aryl methyl sites for hydroxylation is 1. The number of imidazole rings is 1. The zero-order valence-electron chi connectivity index (χ0n) is 32.6. The van der Waals surface area contributed by atoms with Crippen LogP contribution in [-0.4, -0.2) is 22.6 Å². The quantitative estimate of drug-likeness (QED) is 0.125. The zero-order valence-corrected chi connectivity index (χ0v) is 33.6. The van der Waals surface area contributed by atoms with Gasteiger partial charge >= 0.3 is 0 Å². The fraction of sp³-hybridized carbons (Fsp3) is 0.0769. The Morgan fingerprint density at radius 2 is 1.24 bits per heavy atom. The Morgan fingerprint density at radius 1 is 0.569 bits per heavy atom. The van der Waals surface area contributed by atoms with E-state index in [1.807, 2.05) is 18.3 Å². The fourth-order valence-corrected chi connectivity index (χ4v) is 14.5. The van der Waals surface area contributed by atoms with Gasteiger partial charge in [0.2, 0.25) is 0 Å². The summed E-state index contributed by atoms with van der Waals surface area (Å²) in [5, 5.41) is 7.40. The molecule has 4 heterocycles. The van der Waals surface area contributed by atoms with Crippen LogP contribution in [0, 0.1) is 0 Å². The van der Waals surface area contributed by atoms with Gasteiger partial charge in [-0.2, -0.15) is 0 Å². The van der Waals surface area contributed by atoms with E-state index in [1.54, 1.807) is 0 Å². The van der Waals surface area contributed by atoms with Crippen LogP contribution in [0.3, 0.4) is 0 Å². The Bertz CT molecular complexity index is 3130. The summed E-state index contributed by atoms with van der Waals surface area (Å²) >= 11 is 0. The molecule has 1 aliphatic heterocycles. The van der Waals surface area contributed by atoms with E-state index in [0.29, 0.717) is 0 Å². The molecule has 5 nitrogen and oxygen atoms in total. The summed E-state index contributed by atoms with van der Waals surface area (Å²) in [6.45, 7) is 4.71. The van der Waals surface area contributed by atoms with Gasteiger partial charge in [-0.05, 0) is 74.3 Å². The van der Waals surface area contributed by atoms with Gasteiger partial charge in [-0.25, -0.2) is 9.97 Å². The van der Waals surface area contributed by atoms with E-state index < -0.39 is 8.07 Å². The van der Waals surface area contributed by atoms with E-state index in [4.69, 9.17) is 14.4 Å². The summed E-state index contributed by atoms with van der Waals surface area (Å²) in [5.74, 6) is 1.82. The van der Waals surface area contributed by atoms with Gasteiger partial charge in [-0.15, -0.1) is 0 Å². The number of benzene rings is 7. The summed E-state index contributed by atoms with van der Waals surface area (Å²) in [4.78, 5) is 12.6. The van der Waals surface area contributed by atoms with E-state index in [0.717, 1.165) is 61.6 Å². The number of fused-ring (bicyclic) bond motifs is 7. The van der Waals surface area contributed by atoms with Gasteiger partial charge in [-0.1, -0.05) is 153 Å². The summed E-state index contributed by atoms with van der Waals surface area (Å²) in [6, 6.07) is 66.2. The first-order chi connectivity index (χ1) is 28.4. The highest BCUT2D eigenvalue weighted by atomic mass is 28.3. The number of furan rings is 1. The summed E-state index contributed by atoms with van der Waals surface area (Å²) in [5.41, 5.74) is 9.35. The van der Waals surface area contributed by atoms with Crippen LogP contribution in [0.5, 0.6) is 0 Å². The molecule has 0 saturated heterocycles. The molecule has 58 heavy (non-hydrogen) atoms. The molecule has 0 spiro atoms. The van der Waals surface area contributed by atoms with Crippen LogP contribution in [0.1, 0.15) is 25.0 Å². The first-order valence-electron chi connectivity index (χ1n) is 19.9. The number of anilines is 3. The molecule has 278 valence electrons. The second kappa shape index (κ2) is 13.0. The third kappa shape index (κ3) is 4.95.